The van der Waals surface area contributed by atoms with Crippen molar-refractivity contribution < 1.29 is 14.3 Å². The van der Waals surface area contributed by atoms with E-state index in [1.807, 2.05) is 18.2 Å². The van der Waals surface area contributed by atoms with Gasteiger partial charge >= 0.3 is 0 Å². The van der Waals surface area contributed by atoms with E-state index in [2.05, 4.69) is 17.6 Å². The molecule has 5 nitrogen and oxygen atoms in total. The first-order valence-corrected chi connectivity index (χ1v) is 7.42. The highest BCUT2D eigenvalue weighted by atomic mass is 16.5. The molecular weight excluding hydrogens is 268 g/mol. The fraction of sp³-hybridized carbons (Fsp3) is 0.562. The van der Waals surface area contributed by atoms with Gasteiger partial charge in [0.15, 0.2) is 11.5 Å². The van der Waals surface area contributed by atoms with E-state index >= 15 is 0 Å². The molecule has 118 valence electrons. The topological polar surface area (TPSA) is 59.6 Å². The van der Waals surface area contributed by atoms with Crippen molar-refractivity contribution in [3.05, 3.63) is 23.8 Å². The highest BCUT2D eigenvalue weighted by molar-refractivity contribution is 5.72. The number of rotatable bonds is 10. The lowest BCUT2D eigenvalue weighted by Crippen LogP contribution is -2.24. The zero-order valence-electron chi connectivity index (χ0n) is 13.2. The zero-order valence-corrected chi connectivity index (χ0v) is 13.2. The van der Waals surface area contributed by atoms with Gasteiger partial charge in [-0.2, -0.15) is 0 Å². The van der Waals surface area contributed by atoms with Gasteiger partial charge < -0.3 is 20.1 Å². The molecule has 2 N–H and O–H groups in total. The molecule has 0 radical (unpaired) electrons. The van der Waals surface area contributed by atoms with Gasteiger partial charge in [-0.1, -0.05) is 13.0 Å². The molecule has 0 saturated carbocycles. The van der Waals surface area contributed by atoms with E-state index in [1.54, 1.807) is 7.11 Å². The van der Waals surface area contributed by atoms with Gasteiger partial charge in [0, 0.05) is 20.0 Å². The number of carbonyl (C=O) groups excluding carboxylic acids is 1. The molecule has 21 heavy (non-hydrogen) atoms. The number of ether oxygens (including phenoxy) is 2. The van der Waals surface area contributed by atoms with E-state index in [9.17, 15) is 4.79 Å². The van der Waals surface area contributed by atoms with Crippen molar-refractivity contribution in [2.75, 3.05) is 26.8 Å². The molecule has 0 spiro atoms. The minimum absolute atomic E-state index is 0.0161. The van der Waals surface area contributed by atoms with Crippen LogP contribution < -0.4 is 20.1 Å². The summed E-state index contributed by atoms with van der Waals surface area (Å²) in [7, 11) is 1.65. The first kappa shape index (κ1) is 17.3. The fourth-order valence-corrected chi connectivity index (χ4v) is 1.86. The van der Waals surface area contributed by atoms with Crippen molar-refractivity contribution in [2.45, 2.75) is 33.2 Å². The number of amides is 1. The van der Waals surface area contributed by atoms with Gasteiger partial charge in [-0.15, -0.1) is 0 Å². The van der Waals surface area contributed by atoms with Gasteiger partial charge in [0.2, 0.25) is 5.91 Å². The third-order valence-electron chi connectivity index (χ3n) is 2.92. The predicted molar refractivity (Wildman–Crippen MR) is 83.8 cm³/mol. The fourth-order valence-electron chi connectivity index (χ4n) is 1.86. The lowest BCUT2D eigenvalue weighted by molar-refractivity contribution is -0.118. The van der Waals surface area contributed by atoms with Gasteiger partial charge in [-0.05, 0) is 37.1 Å². The van der Waals surface area contributed by atoms with E-state index in [0.717, 1.165) is 43.0 Å². The summed E-state index contributed by atoms with van der Waals surface area (Å²) in [5, 5.41) is 6.12. The maximum Gasteiger partial charge on any atom is 0.216 e. The molecule has 1 aromatic carbocycles. The molecule has 0 aromatic heterocycles. The number of hydrogen-bond acceptors (Lipinski definition) is 4. The van der Waals surface area contributed by atoms with E-state index in [0.29, 0.717) is 13.2 Å². The molecule has 5 heteroatoms. The van der Waals surface area contributed by atoms with Crippen LogP contribution in [0.25, 0.3) is 0 Å². The SMILES string of the molecule is CCCOc1ccc(CNCCCNC(C)=O)cc1OC. The summed E-state index contributed by atoms with van der Waals surface area (Å²) in [6, 6.07) is 5.98. The maximum atomic E-state index is 10.7. The molecule has 0 heterocycles. The maximum absolute atomic E-state index is 10.7. The monoisotopic (exact) mass is 294 g/mol. The molecule has 0 saturated heterocycles. The van der Waals surface area contributed by atoms with E-state index in [4.69, 9.17) is 9.47 Å². The van der Waals surface area contributed by atoms with Crippen LogP contribution in [0.1, 0.15) is 32.3 Å². The van der Waals surface area contributed by atoms with Crippen LogP contribution in [0.5, 0.6) is 11.5 Å². The Kier molecular flexibility index (Phi) is 8.28. The average molecular weight is 294 g/mol. The molecule has 0 aliphatic heterocycles. The van der Waals surface area contributed by atoms with E-state index in [1.165, 1.54) is 6.92 Å². The van der Waals surface area contributed by atoms with Crippen molar-refractivity contribution in [3.8, 4) is 11.5 Å². The molecule has 0 aliphatic rings. The van der Waals surface area contributed by atoms with Crippen LogP contribution >= 0.6 is 0 Å². The summed E-state index contributed by atoms with van der Waals surface area (Å²) >= 11 is 0. The molecule has 1 amide bonds. The van der Waals surface area contributed by atoms with Crippen molar-refractivity contribution >= 4 is 5.91 Å². The van der Waals surface area contributed by atoms with Gasteiger partial charge in [0.1, 0.15) is 0 Å². The van der Waals surface area contributed by atoms with E-state index in [-0.39, 0.29) is 5.91 Å². The second-order valence-electron chi connectivity index (χ2n) is 4.85. The predicted octanol–water partition coefficient (Wildman–Crippen LogP) is 2.10. The van der Waals surface area contributed by atoms with Crippen LogP contribution in [0, 0.1) is 0 Å². The van der Waals surface area contributed by atoms with Gasteiger partial charge in [0.05, 0.1) is 13.7 Å². The quantitative estimate of drug-likeness (QED) is 0.649. The molecule has 1 rings (SSSR count). The summed E-state index contributed by atoms with van der Waals surface area (Å²) in [5.41, 5.74) is 1.15. The third-order valence-corrected chi connectivity index (χ3v) is 2.92. The van der Waals surface area contributed by atoms with E-state index < -0.39 is 0 Å². The largest absolute Gasteiger partial charge is 0.493 e. The Balaban J connectivity index is 2.36. The highest BCUT2D eigenvalue weighted by Crippen LogP contribution is 2.28. The Morgan fingerprint density at radius 2 is 2.05 bits per heavy atom. The molecule has 0 bridgehead atoms. The highest BCUT2D eigenvalue weighted by Gasteiger charge is 2.05. The lowest BCUT2D eigenvalue weighted by atomic mass is 10.2. The van der Waals surface area contributed by atoms with Gasteiger partial charge in [-0.25, -0.2) is 0 Å². The Hall–Kier alpha value is -1.75. The molecule has 1 aromatic rings. The van der Waals surface area contributed by atoms with Crippen LogP contribution in [0.3, 0.4) is 0 Å². The molecule has 0 fully saturated rings. The summed E-state index contributed by atoms with van der Waals surface area (Å²) in [5.74, 6) is 1.57. The number of carbonyl (C=O) groups is 1. The van der Waals surface area contributed by atoms with Crippen molar-refractivity contribution in [3.63, 3.8) is 0 Å². The zero-order chi connectivity index (χ0) is 15.5. The summed E-state index contributed by atoms with van der Waals surface area (Å²) in [6.07, 6.45) is 1.88. The molecule has 0 aliphatic carbocycles. The van der Waals surface area contributed by atoms with Gasteiger partial charge in [0.25, 0.3) is 0 Å². The average Bonchev–Trinajstić information content (AvgIpc) is 2.48. The van der Waals surface area contributed by atoms with Crippen molar-refractivity contribution in [2.24, 2.45) is 0 Å². The van der Waals surface area contributed by atoms with Crippen LogP contribution in [0.2, 0.25) is 0 Å². The molecule has 0 atom stereocenters. The second-order valence-corrected chi connectivity index (χ2v) is 4.85. The smallest absolute Gasteiger partial charge is 0.216 e. The standard InChI is InChI=1S/C16H26N2O3/c1-4-10-21-15-7-6-14(11-16(15)20-3)12-17-8-5-9-18-13(2)19/h6-7,11,17H,4-5,8-10,12H2,1-3H3,(H,18,19). The second kappa shape index (κ2) is 10.0. The Morgan fingerprint density at radius 1 is 1.24 bits per heavy atom. The van der Waals surface area contributed by atoms with Crippen molar-refractivity contribution in [1.82, 2.24) is 10.6 Å². The number of methoxy groups -OCH3 is 1. The van der Waals surface area contributed by atoms with Crippen LogP contribution in [-0.2, 0) is 11.3 Å². The van der Waals surface area contributed by atoms with Crippen LogP contribution in [-0.4, -0.2) is 32.7 Å². The number of nitrogens with one attached hydrogen (secondary N) is 2. The molecule has 0 unspecified atom stereocenters. The molecular formula is C16H26N2O3. The number of hydrogen-bond donors (Lipinski definition) is 2. The summed E-state index contributed by atoms with van der Waals surface area (Å²) in [4.78, 5) is 10.7. The Morgan fingerprint density at radius 3 is 2.71 bits per heavy atom. The third kappa shape index (κ3) is 6.99. The minimum atomic E-state index is 0.0161. The Bertz CT molecular complexity index is 436. The van der Waals surface area contributed by atoms with Crippen LogP contribution in [0.4, 0.5) is 0 Å². The number of benzene rings is 1. The summed E-state index contributed by atoms with van der Waals surface area (Å²) < 4.78 is 11.0. The van der Waals surface area contributed by atoms with Gasteiger partial charge in [-0.3, -0.25) is 4.79 Å². The van der Waals surface area contributed by atoms with Crippen LogP contribution in [0.15, 0.2) is 18.2 Å². The Labute approximate surface area is 127 Å². The minimum Gasteiger partial charge on any atom is -0.493 e. The first-order valence-electron chi connectivity index (χ1n) is 7.42. The van der Waals surface area contributed by atoms with Crippen molar-refractivity contribution in [1.29, 1.82) is 0 Å². The summed E-state index contributed by atoms with van der Waals surface area (Å²) in [6.45, 7) is 6.63. The lowest BCUT2D eigenvalue weighted by Gasteiger charge is -2.12. The first-order chi connectivity index (χ1) is 10.2. The normalized spacial score (nSPS) is 10.2.